The summed E-state index contributed by atoms with van der Waals surface area (Å²) in [6.07, 6.45) is 1.60. The van der Waals surface area contributed by atoms with Gasteiger partial charge < -0.3 is 15.0 Å². The number of nitrogen functional groups attached to an aromatic ring is 1. The molecule has 0 amide bonds. The first-order valence-corrected chi connectivity index (χ1v) is 7.77. The second-order valence-corrected chi connectivity index (χ2v) is 6.59. The van der Waals surface area contributed by atoms with Crippen LogP contribution in [0, 0.1) is 0 Å². The Labute approximate surface area is 122 Å². The number of anilines is 1. The highest BCUT2D eigenvalue weighted by Gasteiger charge is 2.30. The van der Waals surface area contributed by atoms with Crippen LogP contribution in [0.4, 0.5) is 5.69 Å². The molecular weight excluding hydrogens is 294 g/mol. The fourth-order valence-corrected chi connectivity index (χ4v) is 3.76. The molecule has 8 nitrogen and oxygen atoms in total. The van der Waals surface area contributed by atoms with Gasteiger partial charge in [-0.05, 0) is 12.1 Å². The molecule has 0 saturated carbocycles. The van der Waals surface area contributed by atoms with E-state index in [1.165, 1.54) is 23.5 Å². The highest BCUT2D eigenvalue weighted by molar-refractivity contribution is 7.89. The lowest BCUT2D eigenvalue weighted by molar-refractivity contribution is 0.335. The van der Waals surface area contributed by atoms with E-state index in [1.807, 2.05) is 4.57 Å². The number of ether oxygens (including phenoxy) is 1. The second kappa shape index (κ2) is 5.01. The molecule has 0 fully saturated rings. The van der Waals surface area contributed by atoms with E-state index >= 15 is 0 Å². The van der Waals surface area contributed by atoms with E-state index in [1.54, 1.807) is 12.4 Å². The summed E-state index contributed by atoms with van der Waals surface area (Å²) in [5, 5.41) is 7.70. The normalized spacial score (nSPS) is 15.7. The Morgan fingerprint density at radius 3 is 2.86 bits per heavy atom. The summed E-state index contributed by atoms with van der Waals surface area (Å²) in [5.74, 6) is 1.14. The molecule has 0 unspecified atom stereocenters. The zero-order valence-corrected chi connectivity index (χ0v) is 12.2. The maximum Gasteiger partial charge on any atom is 0.245 e. The highest BCUT2D eigenvalue weighted by atomic mass is 32.2. The Morgan fingerprint density at radius 2 is 2.14 bits per heavy atom. The molecule has 1 aliphatic heterocycles. The van der Waals surface area contributed by atoms with E-state index in [0.29, 0.717) is 24.7 Å². The van der Waals surface area contributed by atoms with Crippen molar-refractivity contribution in [2.45, 2.75) is 18.0 Å². The van der Waals surface area contributed by atoms with Crippen LogP contribution in [0.25, 0.3) is 0 Å². The van der Waals surface area contributed by atoms with E-state index in [-0.39, 0.29) is 17.1 Å². The molecule has 0 saturated heterocycles. The van der Waals surface area contributed by atoms with Gasteiger partial charge in [-0.1, -0.05) is 0 Å². The lowest BCUT2D eigenvalue weighted by Gasteiger charge is -2.26. The number of sulfonamides is 1. The van der Waals surface area contributed by atoms with Gasteiger partial charge in [-0.15, -0.1) is 10.2 Å². The van der Waals surface area contributed by atoms with E-state index < -0.39 is 10.0 Å². The fraction of sp³-hybridized carbons (Fsp3) is 0.333. The molecule has 21 heavy (non-hydrogen) atoms. The zero-order chi connectivity index (χ0) is 15.0. The van der Waals surface area contributed by atoms with E-state index in [4.69, 9.17) is 10.5 Å². The van der Waals surface area contributed by atoms with Crippen molar-refractivity contribution < 1.29 is 13.2 Å². The summed E-state index contributed by atoms with van der Waals surface area (Å²) < 4.78 is 33.6. The number of aromatic nitrogens is 3. The molecule has 0 spiro atoms. The van der Waals surface area contributed by atoms with Crippen LogP contribution in [0.3, 0.4) is 0 Å². The first kappa shape index (κ1) is 13.8. The molecule has 0 radical (unpaired) electrons. The van der Waals surface area contributed by atoms with Crippen molar-refractivity contribution in [2.24, 2.45) is 0 Å². The number of methoxy groups -OCH3 is 1. The van der Waals surface area contributed by atoms with E-state index in [9.17, 15) is 8.42 Å². The summed E-state index contributed by atoms with van der Waals surface area (Å²) in [7, 11) is -2.17. The van der Waals surface area contributed by atoms with Crippen LogP contribution < -0.4 is 10.5 Å². The number of rotatable bonds is 3. The predicted octanol–water partition coefficient (Wildman–Crippen LogP) is 0.0734. The molecule has 2 aromatic rings. The predicted molar refractivity (Wildman–Crippen MR) is 75.0 cm³/mol. The van der Waals surface area contributed by atoms with Gasteiger partial charge in [-0.2, -0.15) is 4.31 Å². The third-order valence-corrected chi connectivity index (χ3v) is 5.36. The minimum absolute atomic E-state index is 0.0799. The molecule has 0 bridgehead atoms. The van der Waals surface area contributed by atoms with Gasteiger partial charge in [0, 0.05) is 19.2 Å². The summed E-state index contributed by atoms with van der Waals surface area (Å²) in [4.78, 5) is 0.0799. The van der Waals surface area contributed by atoms with Crippen molar-refractivity contribution in [1.82, 2.24) is 19.1 Å². The quantitative estimate of drug-likeness (QED) is 0.805. The molecule has 1 aromatic heterocycles. The summed E-state index contributed by atoms with van der Waals surface area (Å²) in [5.41, 5.74) is 6.01. The number of hydrogen-bond donors (Lipinski definition) is 1. The topological polar surface area (TPSA) is 103 Å². The molecule has 2 N–H and O–H groups in total. The highest BCUT2D eigenvalue weighted by Crippen LogP contribution is 2.28. The second-order valence-electron chi connectivity index (χ2n) is 4.68. The Balaban J connectivity index is 1.95. The Kier molecular flexibility index (Phi) is 3.30. The Hall–Kier alpha value is -2.13. The molecule has 2 heterocycles. The van der Waals surface area contributed by atoms with Crippen LogP contribution in [-0.2, 0) is 23.1 Å². The molecule has 112 valence electrons. The molecular formula is C12H15N5O3S. The van der Waals surface area contributed by atoms with Gasteiger partial charge in [-0.3, -0.25) is 0 Å². The molecule has 1 aliphatic rings. The zero-order valence-electron chi connectivity index (χ0n) is 11.4. The molecule has 0 atom stereocenters. The van der Waals surface area contributed by atoms with Crippen LogP contribution >= 0.6 is 0 Å². The molecule has 3 rings (SSSR count). The Morgan fingerprint density at radius 1 is 1.33 bits per heavy atom. The van der Waals surface area contributed by atoms with Crippen LogP contribution in [0.2, 0.25) is 0 Å². The lowest BCUT2D eigenvalue weighted by Crippen LogP contribution is -2.38. The Bertz CT molecular complexity index is 771. The van der Waals surface area contributed by atoms with Gasteiger partial charge in [0.25, 0.3) is 0 Å². The van der Waals surface area contributed by atoms with Crippen molar-refractivity contribution in [3.8, 4) is 5.75 Å². The van der Waals surface area contributed by atoms with Gasteiger partial charge in [0.05, 0.1) is 19.3 Å². The van der Waals surface area contributed by atoms with Gasteiger partial charge >= 0.3 is 0 Å². The average Bonchev–Trinajstić information content (AvgIpc) is 2.94. The van der Waals surface area contributed by atoms with E-state index in [2.05, 4.69) is 10.2 Å². The third kappa shape index (κ3) is 2.34. The maximum absolute atomic E-state index is 12.7. The largest absolute Gasteiger partial charge is 0.497 e. The first-order valence-electron chi connectivity index (χ1n) is 6.32. The fourth-order valence-electron chi connectivity index (χ4n) is 2.28. The summed E-state index contributed by atoms with van der Waals surface area (Å²) >= 11 is 0. The minimum Gasteiger partial charge on any atom is -0.497 e. The van der Waals surface area contributed by atoms with Crippen molar-refractivity contribution in [2.75, 3.05) is 19.4 Å². The van der Waals surface area contributed by atoms with Crippen molar-refractivity contribution in [1.29, 1.82) is 0 Å². The number of hydrogen-bond acceptors (Lipinski definition) is 6. The third-order valence-electron chi connectivity index (χ3n) is 3.44. The van der Waals surface area contributed by atoms with Crippen molar-refractivity contribution in [3.63, 3.8) is 0 Å². The van der Waals surface area contributed by atoms with Crippen molar-refractivity contribution >= 4 is 15.7 Å². The smallest absolute Gasteiger partial charge is 0.245 e. The van der Waals surface area contributed by atoms with Gasteiger partial charge in [0.1, 0.15) is 22.8 Å². The number of fused-ring (bicyclic) bond motifs is 1. The minimum atomic E-state index is -3.67. The number of nitrogens with zero attached hydrogens (tertiary/aromatic N) is 4. The van der Waals surface area contributed by atoms with E-state index in [0.717, 1.165) is 0 Å². The number of nitrogens with two attached hydrogens (primary N) is 1. The van der Waals surface area contributed by atoms with Crippen LogP contribution in [0.15, 0.2) is 29.4 Å². The summed E-state index contributed by atoms with van der Waals surface area (Å²) in [6, 6.07) is 4.54. The maximum atomic E-state index is 12.7. The van der Waals surface area contributed by atoms with Crippen LogP contribution in [0.1, 0.15) is 5.82 Å². The first-order chi connectivity index (χ1) is 10.0. The van der Waals surface area contributed by atoms with Crippen molar-refractivity contribution in [3.05, 3.63) is 30.4 Å². The monoisotopic (exact) mass is 309 g/mol. The standard InChI is InChI=1S/C12H15N5O3S/c1-20-9-2-3-11(10(13)6-9)21(18,19)17-5-4-16-8-14-15-12(16)7-17/h2-3,6,8H,4-5,7,13H2,1H3. The average molecular weight is 309 g/mol. The summed E-state index contributed by atoms with van der Waals surface area (Å²) in [6.45, 7) is 1.07. The lowest BCUT2D eigenvalue weighted by atomic mass is 10.3. The SMILES string of the molecule is COc1ccc(S(=O)(=O)N2CCn3cnnc3C2)c(N)c1. The molecule has 9 heteroatoms. The van der Waals surface area contributed by atoms with Crippen LogP contribution in [0.5, 0.6) is 5.75 Å². The van der Waals surface area contributed by atoms with Crippen LogP contribution in [-0.4, -0.2) is 41.1 Å². The van der Waals surface area contributed by atoms with Gasteiger partial charge in [-0.25, -0.2) is 8.42 Å². The van der Waals surface area contributed by atoms with Gasteiger partial charge in [0.2, 0.25) is 10.0 Å². The molecule has 0 aliphatic carbocycles. The molecule has 1 aromatic carbocycles. The van der Waals surface area contributed by atoms with Gasteiger partial charge in [0.15, 0.2) is 0 Å². The number of benzene rings is 1.